The SMILES string of the molecule is N[C@H](CC(=O)c1ccccc1O)C(=O)O. The number of para-hydroxylation sites is 1. The van der Waals surface area contributed by atoms with Crippen LogP contribution in [0.15, 0.2) is 24.3 Å². The molecule has 0 aromatic heterocycles. The zero-order valence-electron chi connectivity index (χ0n) is 7.88. The molecule has 0 heterocycles. The molecule has 0 amide bonds. The molecular formula is C10H11NO4. The standard InChI is InChI=1S/C10H11NO4/c11-7(10(14)15)5-9(13)6-3-1-2-4-8(6)12/h1-4,7,12H,5,11H2,(H,14,15)/t7-/m1/s1. The number of carboxylic acid groups (broad SMARTS) is 1. The Balaban J connectivity index is 2.78. The molecule has 0 unspecified atom stereocenters. The number of Topliss-reactive ketones (excluding diaryl/α,β-unsaturated/α-hetero) is 1. The van der Waals surface area contributed by atoms with Crippen molar-refractivity contribution >= 4 is 11.8 Å². The Hall–Kier alpha value is -1.88. The number of rotatable bonds is 4. The van der Waals surface area contributed by atoms with Gasteiger partial charge in [-0.3, -0.25) is 9.59 Å². The molecule has 1 aromatic carbocycles. The number of carbonyl (C=O) groups excluding carboxylic acids is 1. The summed E-state index contributed by atoms with van der Waals surface area (Å²) < 4.78 is 0. The largest absolute Gasteiger partial charge is 0.507 e. The van der Waals surface area contributed by atoms with E-state index >= 15 is 0 Å². The van der Waals surface area contributed by atoms with Crippen LogP contribution in [0.3, 0.4) is 0 Å². The Bertz CT molecular complexity index is 389. The van der Waals surface area contributed by atoms with E-state index in [-0.39, 0.29) is 17.7 Å². The summed E-state index contributed by atoms with van der Waals surface area (Å²) in [5, 5.41) is 17.8. The zero-order chi connectivity index (χ0) is 11.4. The van der Waals surface area contributed by atoms with Crippen molar-refractivity contribution in [2.45, 2.75) is 12.5 Å². The third kappa shape index (κ3) is 2.78. The molecule has 15 heavy (non-hydrogen) atoms. The van der Waals surface area contributed by atoms with Crippen molar-refractivity contribution in [3.63, 3.8) is 0 Å². The van der Waals surface area contributed by atoms with E-state index in [1.54, 1.807) is 12.1 Å². The van der Waals surface area contributed by atoms with Crippen LogP contribution in [0.5, 0.6) is 5.75 Å². The van der Waals surface area contributed by atoms with E-state index in [0.29, 0.717) is 0 Å². The summed E-state index contributed by atoms with van der Waals surface area (Å²) in [6.07, 6.45) is -0.326. The van der Waals surface area contributed by atoms with Crippen LogP contribution in [0.1, 0.15) is 16.8 Å². The van der Waals surface area contributed by atoms with Gasteiger partial charge in [0.2, 0.25) is 0 Å². The molecule has 0 aliphatic rings. The molecule has 1 atom stereocenters. The fourth-order valence-corrected chi connectivity index (χ4v) is 1.11. The lowest BCUT2D eigenvalue weighted by Crippen LogP contribution is -2.32. The molecule has 1 aromatic rings. The number of hydrogen-bond donors (Lipinski definition) is 3. The number of aliphatic carboxylic acids is 1. The molecule has 0 saturated carbocycles. The van der Waals surface area contributed by atoms with E-state index in [1.165, 1.54) is 12.1 Å². The Morgan fingerprint density at radius 3 is 2.47 bits per heavy atom. The summed E-state index contributed by atoms with van der Waals surface area (Å²) in [7, 11) is 0. The predicted molar refractivity (Wildman–Crippen MR) is 52.7 cm³/mol. The van der Waals surface area contributed by atoms with E-state index < -0.39 is 17.8 Å². The first-order chi connectivity index (χ1) is 7.02. The summed E-state index contributed by atoms with van der Waals surface area (Å²) in [6, 6.07) is 4.70. The molecule has 5 heteroatoms. The summed E-state index contributed by atoms with van der Waals surface area (Å²) in [4.78, 5) is 21.9. The first kappa shape index (κ1) is 11.2. The van der Waals surface area contributed by atoms with Crippen molar-refractivity contribution in [2.24, 2.45) is 5.73 Å². The van der Waals surface area contributed by atoms with Gasteiger partial charge in [0.25, 0.3) is 0 Å². The van der Waals surface area contributed by atoms with Crippen molar-refractivity contribution < 1.29 is 19.8 Å². The van der Waals surface area contributed by atoms with Gasteiger partial charge in [-0.15, -0.1) is 0 Å². The highest BCUT2D eigenvalue weighted by Crippen LogP contribution is 2.17. The van der Waals surface area contributed by atoms with Crippen molar-refractivity contribution in [1.29, 1.82) is 0 Å². The van der Waals surface area contributed by atoms with Crippen LogP contribution < -0.4 is 5.73 Å². The highest BCUT2D eigenvalue weighted by Gasteiger charge is 2.19. The second kappa shape index (κ2) is 4.56. The highest BCUT2D eigenvalue weighted by molar-refractivity contribution is 6.00. The molecule has 0 fully saturated rings. The Morgan fingerprint density at radius 2 is 1.93 bits per heavy atom. The molecule has 80 valence electrons. The van der Waals surface area contributed by atoms with Gasteiger partial charge >= 0.3 is 5.97 Å². The van der Waals surface area contributed by atoms with E-state index in [4.69, 9.17) is 10.8 Å². The van der Waals surface area contributed by atoms with Gasteiger partial charge in [0.15, 0.2) is 5.78 Å². The van der Waals surface area contributed by atoms with Crippen molar-refractivity contribution in [3.05, 3.63) is 29.8 Å². The summed E-state index contributed by atoms with van der Waals surface area (Å²) in [6.45, 7) is 0. The summed E-state index contributed by atoms with van der Waals surface area (Å²) >= 11 is 0. The molecule has 4 N–H and O–H groups in total. The van der Waals surface area contributed by atoms with Crippen LogP contribution in [0.2, 0.25) is 0 Å². The van der Waals surface area contributed by atoms with Gasteiger partial charge in [-0.1, -0.05) is 12.1 Å². The summed E-state index contributed by atoms with van der Waals surface area (Å²) in [5.41, 5.74) is 5.29. The second-order valence-corrected chi connectivity index (χ2v) is 3.09. The van der Waals surface area contributed by atoms with Crippen molar-refractivity contribution in [3.8, 4) is 5.75 Å². The minimum atomic E-state index is -1.24. The Kier molecular flexibility index (Phi) is 3.41. The topological polar surface area (TPSA) is 101 Å². The number of nitrogens with two attached hydrogens (primary N) is 1. The molecule has 0 spiro atoms. The van der Waals surface area contributed by atoms with Gasteiger partial charge < -0.3 is 15.9 Å². The number of phenolic OH excluding ortho intramolecular Hbond substituents is 1. The maximum Gasteiger partial charge on any atom is 0.320 e. The lowest BCUT2D eigenvalue weighted by Gasteiger charge is -2.06. The predicted octanol–water partition coefficient (Wildman–Crippen LogP) is 0.377. The highest BCUT2D eigenvalue weighted by atomic mass is 16.4. The number of hydrogen-bond acceptors (Lipinski definition) is 4. The molecule has 5 nitrogen and oxygen atoms in total. The van der Waals surface area contributed by atoms with Crippen LogP contribution in [-0.4, -0.2) is 28.0 Å². The van der Waals surface area contributed by atoms with E-state index in [0.717, 1.165) is 0 Å². The smallest absolute Gasteiger partial charge is 0.320 e. The Morgan fingerprint density at radius 1 is 1.33 bits per heavy atom. The fourth-order valence-electron chi connectivity index (χ4n) is 1.11. The second-order valence-electron chi connectivity index (χ2n) is 3.09. The molecular weight excluding hydrogens is 198 g/mol. The number of carbonyl (C=O) groups is 2. The molecule has 1 rings (SSSR count). The normalized spacial score (nSPS) is 12.1. The quantitative estimate of drug-likeness (QED) is 0.622. The average Bonchev–Trinajstić information content (AvgIpc) is 2.18. The first-order valence-corrected chi connectivity index (χ1v) is 4.32. The number of benzene rings is 1. The minimum Gasteiger partial charge on any atom is -0.507 e. The minimum absolute atomic E-state index is 0.0919. The van der Waals surface area contributed by atoms with E-state index in [2.05, 4.69) is 0 Å². The van der Waals surface area contributed by atoms with Gasteiger partial charge in [0, 0.05) is 6.42 Å². The van der Waals surface area contributed by atoms with Gasteiger partial charge in [0.1, 0.15) is 11.8 Å². The lowest BCUT2D eigenvalue weighted by molar-refractivity contribution is -0.138. The monoisotopic (exact) mass is 209 g/mol. The van der Waals surface area contributed by atoms with Crippen LogP contribution in [0.4, 0.5) is 0 Å². The zero-order valence-corrected chi connectivity index (χ0v) is 7.88. The number of ketones is 1. The molecule has 0 aliphatic heterocycles. The fraction of sp³-hybridized carbons (Fsp3) is 0.200. The molecule has 0 radical (unpaired) electrons. The lowest BCUT2D eigenvalue weighted by atomic mass is 10.0. The van der Waals surface area contributed by atoms with Crippen LogP contribution in [0, 0.1) is 0 Å². The van der Waals surface area contributed by atoms with Gasteiger partial charge in [0.05, 0.1) is 5.56 Å². The average molecular weight is 209 g/mol. The van der Waals surface area contributed by atoms with Crippen LogP contribution in [-0.2, 0) is 4.79 Å². The Labute approximate surface area is 86.1 Å². The van der Waals surface area contributed by atoms with Gasteiger partial charge in [-0.05, 0) is 12.1 Å². The van der Waals surface area contributed by atoms with Crippen molar-refractivity contribution in [2.75, 3.05) is 0 Å². The van der Waals surface area contributed by atoms with E-state index in [9.17, 15) is 14.7 Å². The van der Waals surface area contributed by atoms with Crippen molar-refractivity contribution in [1.82, 2.24) is 0 Å². The van der Waals surface area contributed by atoms with Crippen LogP contribution in [0.25, 0.3) is 0 Å². The first-order valence-electron chi connectivity index (χ1n) is 4.32. The summed E-state index contributed by atoms with van der Waals surface area (Å²) in [5.74, 6) is -1.89. The third-order valence-electron chi connectivity index (χ3n) is 1.93. The molecule has 0 bridgehead atoms. The third-order valence-corrected chi connectivity index (χ3v) is 1.93. The molecule has 0 aliphatic carbocycles. The molecule has 0 saturated heterocycles. The van der Waals surface area contributed by atoms with Gasteiger partial charge in [-0.25, -0.2) is 0 Å². The van der Waals surface area contributed by atoms with Gasteiger partial charge in [-0.2, -0.15) is 0 Å². The maximum absolute atomic E-state index is 11.5. The number of aromatic hydroxyl groups is 1. The number of phenols is 1. The van der Waals surface area contributed by atoms with E-state index in [1.807, 2.05) is 0 Å². The number of carboxylic acids is 1. The maximum atomic E-state index is 11.5. The van der Waals surface area contributed by atoms with Crippen LogP contribution >= 0.6 is 0 Å².